The van der Waals surface area contributed by atoms with Crippen LogP contribution in [0, 0.1) is 0 Å². The highest BCUT2D eigenvalue weighted by molar-refractivity contribution is 5.28. The molecule has 6 heteroatoms. The molecule has 3 nitrogen and oxygen atoms in total. The van der Waals surface area contributed by atoms with Crippen LogP contribution in [0.4, 0.5) is 13.2 Å². The molecule has 1 aromatic carbocycles. The molecular weight excluding hydrogens is 257 g/mol. The summed E-state index contributed by atoms with van der Waals surface area (Å²) in [4.78, 5) is 1.60. The highest BCUT2D eigenvalue weighted by atomic mass is 19.4. The summed E-state index contributed by atoms with van der Waals surface area (Å²) < 4.78 is 41.5. The molecule has 0 saturated carbocycles. The maximum atomic E-state index is 12.0. The van der Waals surface area contributed by atoms with Gasteiger partial charge in [-0.25, -0.2) is 0 Å². The van der Waals surface area contributed by atoms with Crippen LogP contribution in [-0.4, -0.2) is 37.8 Å². The fourth-order valence-electron chi connectivity index (χ4n) is 1.51. The Morgan fingerprint density at radius 2 is 2.00 bits per heavy atom. The largest absolute Gasteiger partial charge is 0.492 e. The van der Waals surface area contributed by atoms with Crippen molar-refractivity contribution >= 4 is 0 Å². The third kappa shape index (κ3) is 7.03. The summed E-state index contributed by atoms with van der Waals surface area (Å²) in [5, 5.41) is 0. The maximum absolute atomic E-state index is 12.0. The summed E-state index contributed by atoms with van der Waals surface area (Å²) in [5.41, 5.74) is 6.47. The number of hydrogen-bond donors (Lipinski definition) is 1. The highest BCUT2D eigenvalue weighted by Gasteiger charge is 2.26. The number of halogens is 3. The molecule has 1 aromatic rings. The van der Waals surface area contributed by atoms with Crippen molar-refractivity contribution in [2.45, 2.75) is 19.1 Å². The van der Waals surface area contributed by atoms with E-state index in [-0.39, 0.29) is 6.54 Å². The number of benzene rings is 1. The lowest BCUT2D eigenvalue weighted by molar-refractivity contribution is -0.137. The molecule has 0 heterocycles. The molecule has 0 amide bonds. The van der Waals surface area contributed by atoms with Crippen LogP contribution < -0.4 is 10.5 Å². The zero-order valence-electron chi connectivity index (χ0n) is 10.9. The van der Waals surface area contributed by atoms with Crippen LogP contribution in [0.2, 0.25) is 0 Å². The van der Waals surface area contributed by atoms with Gasteiger partial charge in [-0.05, 0) is 24.7 Å². The zero-order chi connectivity index (χ0) is 14.3. The fraction of sp³-hybridized carbons (Fsp3) is 0.538. The second-order valence-electron chi connectivity index (χ2n) is 4.37. The molecular formula is C13H19F3N2O. The monoisotopic (exact) mass is 276 g/mol. The van der Waals surface area contributed by atoms with Crippen molar-refractivity contribution in [3.8, 4) is 5.75 Å². The lowest BCUT2D eigenvalue weighted by atomic mass is 10.2. The zero-order valence-corrected chi connectivity index (χ0v) is 10.9. The van der Waals surface area contributed by atoms with Gasteiger partial charge in [0.2, 0.25) is 0 Å². The van der Waals surface area contributed by atoms with Gasteiger partial charge in [0.15, 0.2) is 0 Å². The van der Waals surface area contributed by atoms with Crippen molar-refractivity contribution in [1.29, 1.82) is 0 Å². The standard InChI is InChI=1S/C13H19F3N2O/c1-18(6-5-13(14,15)16)7-8-19-12-4-2-3-11(9-12)10-17/h2-4,9H,5-8,10,17H2,1H3. The predicted molar refractivity (Wildman–Crippen MR) is 68.0 cm³/mol. The maximum Gasteiger partial charge on any atom is 0.390 e. The summed E-state index contributed by atoms with van der Waals surface area (Å²) in [7, 11) is 1.64. The molecule has 0 radical (unpaired) electrons. The summed E-state index contributed by atoms with van der Waals surface area (Å²) in [6, 6.07) is 7.36. The predicted octanol–water partition coefficient (Wildman–Crippen LogP) is 2.41. The summed E-state index contributed by atoms with van der Waals surface area (Å²) in [6.07, 6.45) is -4.91. The normalized spacial score (nSPS) is 11.9. The summed E-state index contributed by atoms with van der Waals surface area (Å²) in [6.45, 7) is 1.21. The van der Waals surface area contributed by atoms with Crippen molar-refractivity contribution < 1.29 is 17.9 Å². The molecule has 0 atom stereocenters. The number of nitrogens with two attached hydrogens (primary N) is 1. The first-order valence-electron chi connectivity index (χ1n) is 6.08. The molecule has 0 fully saturated rings. The van der Waals surface area contributed by atoms with E-state index in [1.165, 1.54) is 0 Å². The van der Waals surface area contributed by atoms with Gasteiger partial charge in [0.05, 0.1) is 6.42 Å². The lowest BCUT2D eigenvalue weighted by Crippen LogP contribution is -2.28. The van der Waals surface area contributed by atoms with E-state index in [0.717, 1.165) is 5.56 Å². The molecule has 108 valence electrons. The number of nitrogens with zero attached hydrogens (tertiary/aromatic N) is 1. The number of likely N-dealkylation sites (N-methyl/N-ethyl adjacent to an activating group) is 1. The topological polar surface area (TPSA) is 38.5 Å². The molecule has 0 bridgehead atoms. The lowest BCUT2D eigenvalue weighted by Gasteiger charge is -2.18. The van der Waals surface area contributed by atoms with Gasteiger partial charge in [-0.1, -0.05) is 12.1 Å². The minimum Gasteiger partial charge on any atom is -0.492 e. The van der Waals surface area contributed by atoms with Crippen LogP contribution in [0.1, 0.15) is 12.0 Å². The van der Waals surface area contributed by atoms with Crippen molar-refractivity contribution in [3.63, 3.8) is 0 Å². The van der Waals surface area contributed by atoms with Gasteiger partial charge in [-0.2, -0.15) is 13.2 Å². The number of alkyl halides is 3. The van der Waals surface area contributed by atoms with Crippen molar-refractivity contribution in [1.82, 2.24) is 4.90 Å². The number of ether oxygens (including phenoxy) is 1. The molecule has 19 heavy (non-hydrogen) atoms. The Kier molecular flexibility index (Phi) is 6.11. The van der Waals surface area contributed by atoms with E-state index in [1.54, 1.807) is 18.0 Å². The Balaban J connectivity index is 2.25. The van der Waals surface area contributed by atoms with E-state index in [9.17, 15) is 13.2 Å². The van der Waals surface area contributed by atoms with Crippen LogP contribution in [0.5, 0.6) is 5.75 Å². The molecule has 0 saturated heterocycles. The second kappa shape index (κ2) is 7.35. The van der Waals surface area contributed by atoms with Crippen LogP contribution >= 0.6 is 0 Å². The second-order valence-corrected chi connectivity index (χ2v) is 4.37. The first kappa shape index (κ1) is 15.8. The van der Waals surface area contributed by atoms with Gasteiger partial charge in [0.25, 0.3) is 0 Å². The minimum atomic E-state index is -4.11. The van der Waals surface area contributed by atoms with Gasteiger partial charge < -0.3 is 15.4 Å². The van der Waals surface area contributed by atoms with Crippen molar-refractivity contribution in [3.05, 3.63) is 29.8 Å². The van der Waals surface area contributed by atoms with Crippen LogP contribution in [0.15, 0.2) is 24.3 Å². The molecule has 0 aliphatic heterocycles. The average Bonchev–Trinajstić information content (AvgIpc) is 2.36. The minimum absolute atomic E-state index is 0.0182. The molecule has 0 aliphatic rings. The van der Waals surface area contributed by atoms with Gasteiger partial charge in [0, 0.05) is 19.6 Å². The fourth-order valence-corrected chi connectivity index (χ4v) is 1.51. The van der Waals surface area contributed by atoms with E-state index < -0.39 is 12.6 Å². The molecule has 0 aromatic heterocycles. The SMILES string of the molecule is CN(CCOc1cccc(CN)c1)CCC(F)(F)F. The van der Waals surface area contributed by atoms with E-state index in [1.807, 2.05) is 18.2 Å². The van der Waals surface area contributed by atoms with Gasteiger partial charge in [-0.3, -0.25) is 0 Å². The van der Waals surface area contributed by atoms with Gasteiger partial charge >= 0.3 is 6.18 Å². The smallest absolute Gasteiger partial charge is 0.390 e. The molecule has 0 aliphatic carbocycles. The van der Waals surface area contributed by atoms with Crippen LogP contribution in [0.25, 0.3) is 0 Å². The van der Waals surface area contributed by atoms with Crippen molar-refractivity contribution in [2.24, 2.45) is 5.73 Å². The van der Waals surface area contributed by atoms with Crippen molar-refractivity contribution in [2.75, 3.05) is 26.7 Å². The molecule has 1 rings (SSSR count). The molecule has 0 spiro atoms. The van der Waals surface area contributed by atoms with E-state index >= 15 is 0 Å². The summed E-state index contributed by atoms with van der Waals surface area (Å²) >= 11 is 0. The van der Waals surface area contributed by atoms with E-state index in [4.69, 9.17) is 10.5 Å². The van der Waals surface area contributed by atoms with E-state index in [0.29, 0.717) is 25.4 Å². The number of hydrogen-bond acceptors (Lipinski definition) is 3. The Morgan fingerprint density at radius 3 is 2.63 bits per heavy atom. The Hall–Kier alpha value is -1.27. The third-order valence-electron chi connectivity index (χ3n) is 2.65. The Morgan fingerprint density at radius 1 is 1.26 bits per heavy atom. The van der Waals surface area contributed by atoms with Gasteiger partial charge in [-0.15, -0.1) is 0 Å². The Bertz CT molecular complexity index is 382. The van der Waals surface area contributed by atoms with Gasteiger partial charge in [0.1, 0.15) is 12.4 Å². The number of rotatable bonds is 7. The molecule has 0 unspecified atom stereocenters. The summed E-state index contributed by atoms with van der Waals surface area (Å²) in [5.74, 6) is 0.687. The average molecular weight is 276 g/mol. The quantitative estimate of drug-likeness (QED) is 0.831. The van der Waals surface area contributed by atoms with Crippen LogP contribution in [0.3, 0.4) is 0 Å². The Labute approximate surface area is 111 Å². The van der Waals surface area contributed by atoms with Crippen LogP contribution in [-0.2, 0) is 6.54 Å². The third-order valence-corrected chi connectivity index (χ3v) is 2.65. The highest BCUT2D eigenvalue weighted by Crippen LogP contribution is 2.19. The molecule has 2 N–H and O–H groups in total. The van der Waals surface area contributed by atoms with E-state index in [2.05, 4.69) is 0 Å². The first-order chi connectivity index (χ1) is 8.90. The first-order valence-corrected chi connectivity index (χ1v) is 6.08.